The molecule has 2 aromatic rings. The summed E-state index contributed by atoms with van der Waals surface area (Å²) in [6, 6.07) is 9.43. The van der Waals surface area contributed by atoms with Gasteiger partial charge in [-0.3, -0.25) is 9.59 Å². The number of benzene rings is 2. The van der Waals surface area contributed by atoms with E-state index in [1.165, 1.54) is 36.4 Å². The molecule has 3 rings (SSSR count). The Hall–Kier alpha value is -3.09. The predicted molar refractivity (Wildman–Crippen MR) is 85.4 cm³/mol. The molecule has 1 N–H and O–H groups in total. The van der Waals surface area contributed by atoms with Crippen molar-refractivity contribution in [3.63, 3.8) is 0 Å². The maximum absolute atomic E-state index is 12.9. The number of halogens is 3. The number of hydrogen-bond acceptors (Lipinski definition) is 3. The molecule has 0 unspecified atom stereocenters. The summed E-state index contributed by atoms with van der Waals surface area (Å²) in [5.41, 5.74) is -0.334. The predicted octanol–water partition coefficient (Wildman–Crippen LogP) is 3.93. The largest absolute Gasteiger partial charge is 0.482 e. The number of rotatable bonds is 3. The molecule has 128 valence electrons. The summed E-state index contributed by atoms with van der Waals surface area (Å²) in [6.07, 6.45) is -2.31. The van der Waals surface area contributed by atoms with Crippen LogP contribution in [0.5, 0.6) is 5.75 Å². The summed E-state index contributed by atoms with van der Waals surface area (Å²) in [5, 5.41) is 2.57. The lowest BCUT2D eigenvalue weighted by atomic mass is 10.0. The van der Waals surface area contributed by atoms with Gasteiger partial charge in [0.2, 0.25) is 0 Å². The molecule has 0 aliphatic carbocycles. The SMILES string of the molecule is O=C1COc2ccc(C(=O)C=Cc3ccccc3C(F)(F)F)cc2N1. The number of hydrogen-bond donors (Lipinski definition) is 1. The Morgan fingerprint density at radius 1 is 1.16 bits per heavy atom. The molecule has 0 saturated carbocycles. The van der Waals surface area contributed by atoms with E-state index in [1.807, 2.05) is 0 Å². The smallest absolute Gasteiger partial charge is 0.416 e. The fourth-order valence-electron chi connectivity index (χ4n) is 2.40. The van der Waals surface area contributed by atoms with Gasteiger partial charge >= 0.3 is 6.18 Å². The van der Waals surface area contributed by atoms with E-state index in [1.54, 1.807) is 0 Å². The monoisotopic (exact) mass is 347 g/mol. The first-order valence-electron chi connectivity index (χ1n) is 7.30. The Labute approximate surface area is 140 Å². The molecule has 0 radical (unpaired) electrons. The minimum atomic E-state index is -4.50. The van der Waals surface area contributed by atoms with Gasteiger partial charge in [0.15, 0.2) is 12.4 Å². The molecule has 1 heterocycles. The molecule has 0 aromatic heterocycles. The molecule has 0 atom stereocenters. The first-order chi connectivity index (χ1) is 11.8. The Kier molecular flexibility index (Phi) is 4.31. The molecule has 1 aliphatic heterocycles. The summed E-state index contributed by atoms with van der Waals surface area (Å²) >= 11 is 0. The highest BCUT2D eigenvalue weighted by Gasteiger charge is 2.32. The summed E-state index contributed by atoms with van der Waals surface area (Å²) in [4.78, 5) is 23.5. The Balaban J connectivity index is 1.85. The number of allylic oxidation sites excluding steroid dienone is 1. The van der Waals surface area contributed by atoms with Crippen LogP contribution >= 0.6 is 0 Å². The summed E-state index contributed by atoms with van der Waals surface area (Å²) in [7, 11) is 0. The second kappa shape index (κ2) is 6.43. The van der Waals surface area contributed by atoms with Gasteiger partial charge in [-0.15, -0.1) is 0 Å². The quantitative estimate of drug-likeness (QED) is 0.676. The standard InChI is InChI=1S/C18H12F3NO3/c19-18(20,21)13-4-2-1-3-11(13)5-7-15(23)12-6-8-16-14(9-12)22-17(24)10-25-16/h1-9H,10H2,(H,22,24). The third kappa shape index (κ3) is 3.71. The minimum Gasteiger partial charge on any atom is -0.482 e. The summed E-state index contributed by atoms with van der Waals surface area (Å²) in [6.45, 7) is -0.103. The van der Waals surface area contributed by atoms with Crippen LogP contribution in [0.3, 0.4) is 0 Å². The number of ether oxygens (including phenoxy) is 1. The minimum absolute atomic E-state index is 0.0991. The molecule has 0 bridgehead atoms. The van der Waals surface area contributed by atoms with E-state index in [-0.39, 0.29) is 23.6 Å². The zero-order valence-corrected chi connectivity index (χ0v) is 12.8. The molecule has 0 spiro atoms. The number of nitrogens with one attached hydrogen (secondary N) is 1. The van der Waals surface area contributed by atoms with Crippen molar-refractivity contribution >= 4 is 23.5 Å². The second-order valence-corrected chi connectivity index (χ2v) is 5.33. The molecule has 0 fully saturated rings. The number of anilines is 1. The fraction of sp³-hybridized carbons (Fsp3) is 0.111. The van der Waals surface area contributed by atoms with E-state index >= 15 is 0 Å². The lowest BCUT2D eigenvalue weighted by Crippen LogP contribution is -2.25. The van der Waals surface area contributed by atoms with Crippen LogP contribution in [0.1, 0.15) is 21.5 Å². The number of ketones is 1. The Morgan fingerprint density at radius 3 is 2.68 bits per heavy atom. The zero-order valence-electron chi connectivity index (χ0n) is 12.8. The van der Waals surface area contributed by atoms with E-state index in [0.717, 1.165) is 18.2 Å². The van der Waals surface area contributed by atoms with Gasteiger partial charge in [0.1, 0.15) is 5.75 Å². The third-order valence-corrected chi connectivity index (χ3v) is 3.58. The molecule has 7 heteroatoms. The molecule has 25 heavy (non-hydrogen) atoms. The van der Waals surface area contributed by atoms with Crippen molar-refractivity contribution in [2.75, 3.05) is 11.9 Å². The first kappa shape index (κ1) is 16.8. The average molecular weight is 347 g/mol. The van der Waals surface area contributed by atoms with Crippen molar-refractivity contribution in [3.8, 4) is 5.75 Å². The molecular weight excluding hydrogens is 335 g/mol. The maximum atomic E-state index is 12.9. The van der Waals surface area contributed by atoms with Gasteiger partial charge in [-0.25, -0.2) is 0 Å². The Morgan fingerprint density at radius 2 is 1.92 bits per heavy atom. The second-order valence-electron chi connectivity index (χ2n) is 5.33. The lowest BCUT2D eigenvalue weighted by molar-refractivity contribution is -0.137. The van der Waals surface area contributed by atoms with Crippen molar-refractivity contribution in [1.29, 1.82) is 0 Å². The van der Waals surface area contributed by atoms with Crippen LogP contribution in [-0.2, 0) is 11.0 Å². The van der Waals surface area contributed by atoms with Gasteiger partial charge in [0.05, 0.1) is 11.3 Å². The van der Waals surface area contributed by atoms with Gasteiger partial charge in [-0.1, -0.05) is 24.3 Å². The maximum Gasteiger partial charge on any atom is 0.416 e. The Bertz CT molecular complexity index is 872. The molecule has 4 nitrogen and oxygen atoms in total. The molecular formula is C18H12F3NO3. The van der Waals surface area contributed by atoms with Gasteiger partial charge in [0, 0.05) is 5.56 Å². The summed E-state index contributed by atoms with van der Waals surface area (Å²) < 4.78 is 44.0. The van der Waals surface area contributed by atoms with Crippen molar-refractivity contribution < 1.29 is 27.5 Å². The van der Waals surface area contributed by atoms with Crippen LogP contribution in [0.15, 0.2) is 48.5 Å². The highest BCUT2D eigenvalue weighted by atomic mass is 19.4. The third-order valence-electron chi connectivity index (χ3n) is 3.58. The number of carbonyl (C=O) groups excluding carboxylic acids is 2. The number of amides is 1. The zero-order chi connectivity index (χ0) is 18.0. The van der Waals surface area contributed by atoms with Crippen LogP contribution in [-0.4, -0.2) is 18.3 Å². The van der Waals surface area contributed by atoms with Crippen LogP contribution < -0.4 is 10.1 Å². The molecule has 1 amide bonds. The number of fused-ring (bicyclic) bond motifs is 1. The van der Waals surface area contributed by atoms with E-state index in [9.17, 15) is 22.8 Å². The van der Waals surface area contributed by atoms with Crippen LogP contribution in [0.25, 0.3) is 6.08 Å². The van der Waals surface area contributed by atoms with Gasteiger partial charge < -0.3 is 10.1 Å². The highest BCUT2D eigenvalue weighted by Crippen LogP contribution is 2.32. The fourth-order valence-corrected chi connectivity index (χ4v) is 2.40. The van der Waals surface area contributed by atoms with Gasteiger partial charge in [-0.2, -0.15) is 13.2 Å². The first-order valence-corrected chi connectivity index (χ1v) is 7.30. The topological polar surface area (TPSA) is 55.4 Å². The van der Waals surface area contributed by atoms with Crippen molar-refractivity contribution in [2.45, 2.75) is 6.18 Å². The van der Waals surface area contributed by atoms with E-state index < -0.39 is 17.5 Å². The van der Waals surface area contributed by atoms with Crippen molar-refractivity contribution in [2.24, 2.45) is 0 Å². The van der Waals surface area contributed by atoms with E-state index in [2.05, 4.69) is 5.32 Å². The molecule has 2 aromatic carbocycles. The lowest BCUT2D eigenvalue weighted by Gasteiger charge is -2.18. The summed E-state index contributed by atoms with van der Waals surface area (Å²) in [5.74, 6) is -0.395. The van der Waals surface area contributed by atoms with Crippen molar-refractivity contribution in [1.82, 2.24) is 0 Å². The highest BCUT2D eigenvalue weighted by molar-refractivity contribution is 6.08. The average Bonchev–Trinajstić information content (AvgIpc) is 2.58. The molecule has 0 saturated heterocycles. The number of carbonyl (C=O) groups is 2. The van der Waals surface area contributed by atoms with Gasteiger partial charge in [0.25, 0.3) is 5.91 Å². The van der Waals surface area contributed by atoms with Crippen LogP contribution in [0.2, 0.25) is 0 Å². The van der Waals surface area contributed by atoms with Gasteiger partial charge in [-0.05, 0) is 35.9 Å². The van der Waals surface area contributed by atoms with E-state index in [0.29, 0.717) is 11.4 Å². The normalized spacial score (nSPS) is 14.0. The van der Waals surface area contributed by atoms with Crippen LogP contribution in [0, 0.1) is 0 Å². The van der Waals surface area contributed by atoms with Crippen molar-refractivity contribution in [3.05, 3.63) is 65.2 Å². The number of alkyl halides is 3. The molecule has 1 aliphatic rings. The van der Waals surface area contributed by atoms with Crippen LogP contribution in [0.4, 0.5) is 18.9 Å². The van der Waals surface area contributed by atoms with E-state index in [4.69, 9.17) is 4.74 Å².